The van der Waals surface area contributed by atoms with Crippen molar-refractivity contribution in [3.63, 3.8) is 0 Å². The van der Waals surface area contributed by atoms with Crippen LogP contribution >= 0.6 is 0 Å². The van der Waals surface area contributed by atoms with Gasteiger partial charge in [0.05, 0.1) is 20.3 Å². The van der Waals surface area contributed by atoms with E-state index >= 15 is 0 Å². The molecule has 1 atom stereocenters. The van der Waals surface area contributed by atoms with Crippen LogP contribution in [0.15, 0.2) is 42.5 Å². The Kier molecular flexibility index (Phi) is 10.9. The molecule has 0 radical (unpaired) electrons. The smallest absolute Gasteiger partial charge is 0.160 e. The first-order valence-corrected chi connectivity index (χ1v) is 11.2. The summed E-state index contributed by atoms with van der Waals surface area (Å²) in [4.78, 5) is 12.2. The van der Waals surface area contributed by atoms with Crippen molar-refractivity contribution in [3.8, 4) is 17.2 Å². The molecule has 0 saturated heterocycles. The van der Waals surface area contributed by atoms with E-state index in [4.69, 9.17) is 9.47 Å². The van der Waals surface area contributed by atoms with Crippen LogP contribution in [0.1, 0.15) is 62.5 Å². The van der Waals surface area contributed by atoms with Crippen molar-refractivity contribution in [1.29, 1.82) is 0 Å². The lowest BCUT2D eigenvalue weighted by molar-refractivity contribution is -0.121. The highest BCUT2D eigenvalue weighted by Crippen LogP contribution is 2.28. The number of benzene rings is 2. The first kappa shape index (κ1) is 24.7. The molecule has 2 aromatic rings. The van der Waals surface area contributed by atoms with Crippen molar-refractivity contribution in [2.24, 2.45) is 0 Å². The fraction of sp³-hybridized carbons (Fsp3) is 0.500. The number of Topliss-reactive ketones (excluding diaryl/α,β-unsaturated/α-hetero) is 1. The quantitative estimate of drug-likeness (QED) is 0.379. The van der Waals surface area contributed by atoms with Gasteiger partial charge in [-0.2, -0.15) is 0 Å². The lowest BCUT2D eigenvalue weighted by Crippen LogP contribution is -2.14. The van der Waals surface area contributed by atoms with Crippen molar-refractivity contribution in [1.82, 2.24) is 0 Å². The minimum atomic E-state index is -0.551. The molecule has 0 aromatic heterocycles. The van der Waals surface area contributed by atoms with Crippen molar-refractivity contribution in [2.75, 3.05) is 14.2 Å². The van der Waals surface area contributed by atoms with E-state index in [-0.39, 0.29) is 12.2 Å². The summed E-state index contributed by atoms with van der Waals surface area (Å²) in [7, 11) is 3.19. The average molecular weight is 429 g/mol. The molecular formula is C26H36O5. The number of aryl methyl sites for hydroxylation is 2. The first-order chi connectivity index (χ1) is 15.0. The Balaban J connectivity index is 1.54. The largest absolute Gasteiger partial charge is 0.508 e. The van der Waals surface area contributed by atoms with E-state index in [9.17, 15) is 15.0 Å². The number of ketones is 1. The van der Waals surface area contributed by atoms with E-state index in [1.165, 1.54) is 5.56 Å². The van der Waals surface area contributed by atoms with E-state index in [2.05, 4.69) is 0 Å². The number of phenols is 1. The number of hydrogen-bond acceptors (Lipinski definition) is 5. The molecule has 0 unspecified atom stereocenters. The number of carbonyl (C=O) groups excluding carboxylic acids is 1. The number of phenolic OH excluding ortho intramolecular Hbond substituents is 1. The molecule has 0 heterocycles. The van der Waals surface area contributed by atoms with Crippen LogP contribution in [0.2, 0.25) is 0 Å². The Morgan fingerprint density at radius 3 is 2.32 bits per heavy atom. The summed E-state index contributed by atoms with van der Waals surface area (Å²) in [6.07, 6.45) is 7.74. The zero-order valence-electron chi connectivity index (χ0n) is 18.8. The highest BCUT2D eigenvalue weighted by molar-refractivity contribution is 5.79. The van der Waals surface area contributed by atoms with Gasteiger partial charge in [0.25, 0.3) is 0 Å². The van der Waals surface area contributed by atoms with Crippen LogP contribution in [0.25, 0.3) is 0 Å². The molecule has 0 aliphatic heterocycles. The Bertz CT molecular complexity index is 802. The van der Waals surface area contributed by atoms with Gasteiger partial charge in [0, 0.05) is 12.8 Å². The summed E-state index contributed by atoms with van der Waals surface area (Å²) in [5, 5.41) is 19.6. The summed E-state index contributed by atoms with van der Waals surface area (Å²) in [6, 6.07) is 13.1. The second-order valence-electron chi connectivity index (χ2n) is 8.06. The summed E-state index contributed by atoms with van der Waals surface area (Å²) in [5.74, 6) is 1.75. The molecule has 5 heteroatoms. The summed E-state index contributed by atoms with van der Waals surface area (Å²) in [5.41, 5.74) is 2.19. The molecule has 31 heavy (non-hydrogen) atoms. The van der Waals surface area contributed by atoms with Gasteiger partial charge in [-0.05, 0) is 61.1 Å². The number of aromatic hydroxyl groups is 1. The molecule has 2 aromatic carbocycles. The normalized spacial score (nSPS) is 11.8. The third kappa shape index (κ3) is 9.43. The molecule has 2 rings (SSSR count). The Morgan fingerprint density at radius 2 is 1.58 bits per heavy atom. The third-order valence-corrected chi connectivity index (χ3v) is 5.52. The number of ether oxygens (including phenoxy) is 2. The standard InChI is InChI=1S/C26H36O5/c1-30-25-16-14-21(18-26(25)31-2)13-15-24(29)19-23(28)11-7-5-3-4-6-9-20-10-8-12-22(27)17-20/h8,10,12,14,16-18,23,27-28H,3-7,9,11,13,15,19H2,1-2H3/t23-/m0/s1. The van der Waals surface area contributed by atoms with E-state index in [0.29, 0.717) is 36.5 Å². The molecule has 0 saturated carbocycles. The Labute approximate surface area is 186 Å². The van der Waals surface area contributed by atoms with E-state index in [1.807, 2.05) is 36.4 Å². The number of rotatable bonds is 15. The van der Waals surface area contributed by atoms with E-state index in [0.717, 1.165) is 44.1 Å². The van der Waals surface area contributed by atoms with E-state index < -0.39 is 6.10 Å². The number of unbranched alkanes of at least 4 members (excludes halogenated alkanes) is 4. The number of hydrogen-bond donors (Lipinski definition) is 2. The van der Waals surface area contributed by atoms with Gasteiger partial charge in [0.15, 0.2) is 11.5 Å². The summed E-state index contributed by atoms with van der Waals surface area (Å²) < 4.78 is 10.5. The van der Waals surface area contributed by atoms with Gasteiger partial charge >= 0.3 is 0 Å². The molecule has 0 aliphatic carbocycles. The highest BCUT2D eigenvalue weighted by atomic mass is 16.5. The molecule has 2 N–H and O–H groups in total. The maximum Gasteiger partial charge on any atom is 0.160 e. The number of carbonyl (C=O) groups is 1. The first-order valence-electron chi connectivity index (χ1n) is 11.2. The minimum absolute atomic E-state index is 0.0911. The lowest BCUT2D eigenvalue weighted by atomic mass is 10.00. The van der Waals surface area contributed by atoms with Gasteiger partial charge in [-0.3, -0.25) is 4.79 Å². The second-order valence-corrected chi connectivity index (χ2v) is 8.06. The van der Waals surface area contributed by atoms with Crippen molar-refractivity contribution >= 4 is 5.78 Å². The van der Waals surface area contributed by atoms with Crippen LogP contribution in [0.5, 0.6) is 17.2 Å². The van der Waals surface area contributed by atoms with E-state index in [1.54, 1.807) is 20.3 Å². The van der Waals surface area contributed by atoms with Crippen molar-refractivity contribution < 1.29 is 24.5 Å². The maximum atomic E-state index is 12.2. The van der Waals surface area contributed by atoms with Crippen LogP contribution in [0, 0.1) is 0 Å². The topological polar surface area (TPSA) is 76.0 Å². The van der Waals surface area contributed by atoms with Crippen LogP contribution in [0.3, 0.4) is 0 Å². The predicted octanol–water partition coefficient (Wildman–Crippen LogP) is 5.25. The lowest BCUT2D eigenvalue weighted by Gasteiger charge is -2.11. The number of aliphatic hydroxyl groups excluding tert-OH is 1. The minimum Gasteiger partial charge on any atom is -0.508 e. The Hall–Kier alpha value is -2.53. The van der Waals surface area contributed by atoms with Gasteiger partial charge in [-0.15, -0.1) is 0 Å². The molecule has 0 aliphatic rings. The fourth-order valence-electron chi connectivity index (χ4n) is 3.74. The molecular weight excluding hydrogens is 392 g/mol. The SMILES string of the molecule is COc1ccc(CCC(=O)C[C@@H](O)CCCCCCCc2cccc(O)c2)cc1OC. The number of methoxy groups -OCH3 is 2. The second kappa shape index (κ2) is 13.7. The third-order valence-electron chi connectivity index (χ3n) is 5.52. The molecule has 170 valence electrons. The molecule has 0 bridgehead atoms. The summed E-state index contributed by atoms with van der Waals surface area (Å²) in [6.45, 7) is 0. The van der Waals surface area contributed by atoms with Gasteiger partial charge in [-0.1, -0.05) is 43.9 Å². The molecule has 5 nitrogen and oxygen atoms in total. The van der Waals surface area contributed by atoms with Gasteiger partial charge < -0.3 is 19.7 Å². The van der Waals surface area contributed by atoms with Crippen LogP contribution in [-0.2, 0) is 17.6 Å². The van der Waals surface area contributed by atoms with Gasteiger partial charge in [0.1, 0.15) is 11.5 Å². The van der Waals surface area contributed by atoms with Crippen molar-refractivity contribution in [3.05, 3.63) is 53.6 Å². The Morgan fingerprint density at radius 1 is 0.871 bits per heavy atom. The van der Waals surface area contributed by atoms with Crippen LogP contribution in [0.4, 0.5) is 0 Å². The molecule has 0 amide bonds. The zero-order chi connectivity index (χ0) is 22.5. The monoisotopic (exact) mass is 428 g/mol. The molecule has 0 spiro atoms. The highest BCUT2D eigenvalue weighted by Gasteiger charge is 2.12. The predicted molar refractivity (Wildman–Crippen MR) is 123 cm³/mol. The fourth-order valence-corrected chi connectivity index (χ4v) is 3.74. The summed E-state index contributed by atoms with van der Waals surface area (Å²) >= 11 is 0. The number of aliphatic hydroxyl groups is 1. The van der Waals surface area contributed by atoms with Gasteiger partial charge in [-0.25, -0.2) is 0 Å². The van der Waals surface area contributed by atoms with Gasteiger partial charge in [0.2, 0.25) is 0 Å². The maximum absolute atomic E-state index is 12.2. The average Bonchev–Trinajstić information content (AvgIpc) is 2.76. The molecule has 0 fully saturated rings. The van der Waals surface area contributed by atoms with Crippen LogP contribution < -0.4 is 9.47 Å². The zero-order valence-corrected chi connectivity index (χ0v) is 18.8. The van der Waals surface area contributed by atoms with Crippen LogP contribution in [-0.4, -0.2) is 36.3 Å². The van der Waals surface area contributed by atoms with Crippen molar-refractivity contribution in [2.45, 2.75) is 70.3 Å².